The fourth-order valence-electron chi connectivity index (χ4n) is 5.98. The van der Waals surface area contributed by atoms with Gasteiger partial charge in [-0.3, -0.25) is 4.99 Å². The normalized spacial score (nSPS) is 23.8. The summed E-state index contributed by atoms with van der Waals surface area (Å²) in [5, 5.41) is 3.92. The third kappa shape index (κ3) is 5.82. The van der Waals surface area contributed by atoms with Crippen LogP contribution in [0.1, 0.15) is 94.9 Å². The van der Waals surface area contributed by atoms with Crippen LogP contribution in [0, 0.1) is 12.8 Å². The summed E-state index contributed by atoms with van der Waals surface area (Å²) in [6, 6.07) is 13.7. The van der Waals surface area contributed by atoms with Gasteiger partial charge in [0.2, 0.25) is 0 Å². The Balaban J connectivity index is 1.64. The van der Waals surface area contributed by atoms with E-state index in [0.717, 1.165) is 36.6 Å². The number of aryl methyl sites for hydroxylation is 1. The van der Waals surface area contributed by atoms with Gasteiger partial charge in [0.1, 0.15) is 5.75 Å². The molecule has 188 valence electrons. The molecule has 0 amide bonds. The van der Waals surface area contributed by atoms with Crippen molar-refractivity contribution in [2.75, 3.05) is 12.4 Å². The largest absolute Gasteiger partial charge is 0.497 e. The summed E-state index contributed by atoms with van der Waals surface area (Å²) in [6.07, 6.45) is 11.9. The molecule has 3 nitrogen and oxygen atoms in total. The van der Waals surface area contributed by atoms with Crippen LogP contribution < -0.4 is 10.1 Å². The van der Waals surface area contributed by atoms with Crippen molar-refractivity contribution in [3.05, 3.63) is 70.3 Å². The monoisotopic (exact) mass is 472 g/mol. The number of nitrogens with one attached hydrogen (secondary N) is 1. The number of fused-ring (bicyclic) bond motifs is 1. The first kappa shape index (κ1) is 25.5. The van der Waals surface area contributed by atoms with E-state index in [-0.39, 0.29) is 5.54 Å². The standard InChI is InChI=1S/C32H44N2O/c1-7-10-11-27-18-26-19-28(35-6)13-14-29(26)31(33-27)25-12-15-30(22(4)16-25)34-32(5)20-23(8-2)17-24(9-3)21-32/h12-16,19-20,24,27,34H,7-11,17-18,21H2,1-6H3/t24?,27-,32?/m0/s1. The van der Waals surface area contributed by atoms with Crippen LogP contribution in [0.5, 0.6) is 5.75 Å². The van der Waals surface area contributed by atoms with Crippen LogP contribution in [-0.2, 0) is 6.42 Å². The fraction of sp³-hybridized carbons (Fsp3) is 0.531. The van der Waals surface area contributed by atoms with E-state index in [1.165, 1.54) is 60.0 Å². The first-order valence-corrected chi connectivity index (χ1v) is 13.7. The number of benzene rings is 2. The second-order valence-electron chi connectivity index (χ2n) is 10.9. The minimum Gasteiger partial charge on any atom is -0.497 e. The first-order chi connectivity index (χ1) is 16.9. The maximum atomic E-state index is 5.53. The average molecular weight is 473 g/mol. The average Bonchev–Trinajstić information content (AvgIpc) is 2.87. The Morgan fingerprint density at radius 1 is 1.09 bits per heavy atom. The molecule has 2 unspecified atom stereocenters. The Morgan fingerprint density at radius 3 is 2.60 bits per heavy atom. The van der Waals surface area contributed by atoms with Crippen LogP contribution in [0.3, 0.4) is 0 Å². The lowest BCUT2D eigenvalue weighted by Gasteiger charge is -2.38. The number of unbranched alkanes of at least 4 members (excludes halogenated alkanes) is 1. The highest BCUT2D eigenvalue weighted by Gasteiger charge is 2.31. The fourth-order valence-corrected chi connectivity index (χ4v) is 5.98. The van der Waals surface area contributed by atoms with Gasteiger partial charge in [-0.2, -0.15) is 0 Å². The van der Waals surface area contributed by atoms with Crippen LogP contribution in [0.25, 0.3) is 0 Å². The van der Waals surface area contributed by atoms with Crippen LogP contribution in [-0.4, -0.2) is 24.4 Å². The Bertz CT molecular complexity index is 1100. The van der Waals surface area contributed by atoms with Gasteiger partial charge in [0, 0.05) is 16.8 Å². The number of anilines is 1. The molecule has 1 N–H and O–H groups in total. The summed E-state index contributed by atoms with van der Waals surface area (Å²) < 4.78 is 5.53. The lowest BCUT2D eigenvalue weighted by molar-refractivity contribution is 0.367. The summed E-state index contributed by atoms with van der Waals surface area (Å²) in [7, 11) is 1.75. The van der Waals surface area contributed by atoms with Crippen molar-refractivity contribution < 1.29 is 4.74 Å². The second kappa shape index (κ2) is 11.0. The number of hydrogen-bond acceptors (Lipinski definition) is 3. The van der Waals surface area contributed by atoms with E-state index in [1.54, 1.807) is 12.7 Å². The predicted molar refractivity (Wildman–Crippen MR) is 150 cm³/mol. The molecule has 0 fully saturated rings. The van der Waals surface area contributed by atoms with E-state index < -0.39 is 0 Å². The molecule has 1 aliphatic carbocycles. The molecule has 3 heteroatoms. The molecule has 0 saturated carbocycles. The zero-order valence-corrected chi connectivity index (χ0v) is 22.7. The molecule has 0 spiro atoms. The SMILES string of the molecule is CCCC[C@H]1Cc2cc(OC)ccc2C(c2ccc(NC3(C)C=C(CC)CC(CC)C3)c(C)c2)=N1. The van der Waals surface area contributed by atoms with Crippen molar-refractivity contribution in [2.45, 2.75) is 97.6 Å². The minimum absolute atomic E-state index is 0.00725. The minimum atomic E-state index is 0.00725. The molecule has 0 radical (unpaired) electrons. The molecule has 3 atom stereocenters. The van der Waals surface area contributed by atoms with Gasteiger partial charge in [0.15, 0.2) is 0 Å². The van der Waals surface area contributed by atoms with Gasteiger partial charge < -0.3 is 10.1 Å². The highest BCUT2D eigenvalue weighted by Crippen LogP contribution is 2.37. The molecule has 2 aromatic rings. The summed E-state index contributed by atoms with van der Waals surface area (Å²) >= 11 is 0. The quantitative estimate of drug-likeness (QED) is 0.372. The molecule has 0 saturated heterocycles. The summed E-state index contributed by atoms with van der Waals surface area (Å²) in [6.45, 7) is 11.5. The molecule has 2 aliphatic rings. The predicted octanol–water partition coefficient (Wildman–Crippen LogP) is 8.28. The molecule has 0 aromatic heterocycles. The van der Waals surface area contributed by atoms with Gasteiger partial charge in [0.05, 0.1) is 24.4 Å². The molecular formula is C32H44N2O. The van der Waals surface area contributed by atoms with Crippen molar-refractivity contribution in [2.24, 2.45) is 10.9 Å². The number of rotatable bonds is 9. The first-order valence-electron chi connectivity index (χ1n) is 13.7. The van der Waals surface area contributed by atoms with Crippen molar-refractivity contribution in [1.82, 2.24) is 0 Å². The number of ether oxygens (including phenoxy) is 1. The second-order valence-corrected chi connectivity index (χ2v) is 10.9. The lowest BCUT2D eigenvalue weighted by atomic mass is 9.76. The van der Waals surface area contributed by atoms with Gasteiger partial charge in [-0.25, -0.2) is 0 Å². The van der Waals surface area contributed by atoms with E-state index >= 15 is 0 Å². The molecular weight excluding hydrogens is 428 g/mol. The summed E-state index contributed by atoms with van der Waals surface area (Å²) in [5.74, 6) is 1.69. The number of nitrogens with zero attached hydrogens (tertiary/aromatic N) is 1. The smallest absolute Gasteiger partial charge is 0.119 e. The van der Waals surface area contributed by atoms with Crippen molar-refractivity contribution in [3.8, 4) is 5.75 Å². The van der Waals surface area contributed by atoms with Crippen LogP contribution >= 0.6 is 0 Å². The maximum Gasteiger partial charge on any atom is 0.119 e. The van der Waals surface area contributed by atoms with Crippen molar-refractivity contribution in [3.63, 3.8) is 0 Å². The molecule has 1 aliphatic heterocycles. The summed E-state index contributed by atoms with van der Waals surface area (Å²) in [5.41, 5.74) is 9.06. The molecule has 35 heavy (non-hydrogen) atoms. The molecule has 1 heterocycles. The lowest BCUT2D eigenvalue weighted by Crippen LogP contribution is -2.38. The third-order valence-electron chi connectivity index (χ3n) is 7.96. The summed E-state index contributed by atoms with van der Waals surface area (Å²) in [4.78, 5) is 5.27. The van der Waals surface area contributed by atoms with Gasteiger partial charge >= 0.3 is 0 Å². The Morgan fingerprint density at radius 2 is 1.91 bits per heavy atom. The maximum absolute atomic E-state index is 5.53. The number of hydrogen-bond donors (Lipinski definition) is 1. The van der Waals surface area contributed by atoms with Gasteiger partial charge in [0.25, 0.3) is 0 Å². The third-order valence-corrected chi connectivity index (χ3v) is 7.96. The topological polar surface area (TPSA) is 33.6 Å². The van der Waals surface area contributed by atoms with Gasteiger partial charge in [-0.1, -0.05) is 57.7 Å². The van der Waals surface area contributed by atoms with E-state index in [4.69, 9.17) is 9.73 Å². The number of aliphatic imine (C=N–C) groups is 1. The Hall–Kier alpha value is -2.55. The highest BCUT2D eigenvalue weighted by molar-refractivity contribution is 6.14. The zero-order chi connectivity index (χ0) is 25.0. The van der Waals surface area contributed by atoms with E-state index in [9.17, 15) is 0 Å². The van der Waals surface area contributed by atoms with Gasteiger partial charge in [-0.15, -0.1) is 0 Å². The van der Waals surface area contributed by atoms with E-state index in [2.05, 4.69) is 82.4 Å². The Kier molecular flexibility index (Phi) is 8.04. The van der Waals surface area contributed by atoms with Crippen LogP contribution in [0.4, 0.5) is 5.69 Å². The number of allylic oxidation sites excluding steroid dienone is 1. The molecule has 4 rings (SSSR count). The van der Waals surface area contributed by atoms with E-state index in [0.29, 0.717) is 6.04 Å². The van der Waals surface area contributed by atoms with Crippen molar-refractivity contribution >= 4 is 11.4 Å². The molecule has 0 bridgehead atoms. The van der Waals surface area contributed by atoms with Crippen molar-refractivity contribution in [1.29, 1.82) is 0 Å². The van der Waals surface area contributed by atoms with E-state index in [1.807, 2.05) is 0 Å². The van der Waals surface area contributed by atoms with Crippen LogP contribution in [0.15, 0.2) is 53.0 Å². The number of methoxy groups -OCH3 is 1. The van der Waals surface area contributed by atoms with Crippen LogP contribution in [0.2, 0.25) is 0 Å². The zero-order valence-electron chi connectivity index (χ0n) is 22.7. The van der Waals surface area contributed by atoms with Gasteiger partial charge in [-0.05, 0) is 93.3 Å². The highest BCUT2D eigenvalue weighted by atomic mass is 16.5. The Labute approximate surface area is 213 Å². The molecule has 2 aromatic carbocycles.